The van der Waals surface area contributed by atoms with E-state index in [0.29, 0.717) is 18.9 Å². The molecule has 0 amide bonds. The van der Waals surface area contributed by atoms with Gasteiger partial charge in [0.15, 0.2) is 0 Å². The van der Waals surface area contributed by atoms with Gasteiger partial charge in [-0.2, -0.15) is 0 Å². The van der Waals surface area contributed by atoms with Crippen LogP contribution < -0.4 is 10.5 Å². The summed E-state index contributed by atoms with van der Waals surface area (Å²) in [5, 5.41) is 0.289. The monoisotopic (exact) mass is 203 g/mol. The Hall–Kier alpha value is -0.800. The maximum absolute atomic E-state index is 12.6. The van der Waals surface area contributed by atoms with Crippen LogP contribution in [0.5, 0.6) is 5.75 Å². The highest BCUT2D eigenvalue weighted by Gasteiger charge is 2.01. The minimum Gasteiger partial charge on any atom is -0.492 e. The van der Waals surface area contributed by atoms with E-state index in [0.717, 1.165) is 6.42 Å². The second-order valence-electron chi connectivity index (χ2n) is 2.57. The highest BCUT2D eigenvalue weighted by molar-refractivity contribution is 6.32. The van der Waals surface area contributed by atoms with Crippen LogP contribution in [0.15, 0.2) is 18.2 Å². The molecule has 0 aliphatic heterocycles. The zero-order valence-electron chi connectivity index (χ0n) is 7.09. The predicted molar refractivity (Wildman–Crippen MR) is 50.6 cm³/mol. The minimum absolute atomic E-state index is 0.289. The zero-order chi connectivity index (χ0) is 9.68. The molecule has 0 atom stereocenters. The van der Waals surface area contributed by atoms with Crippen LogP contribution in [-0.2, 0) is 0 Å². The van der Waals surface area contributed by atoms with Crippen molar-refractivity contribution in [3.8, 4) is 5.75 Å². The Morgan fingerprint density at radius 1 is 1.46 bits per heavy atom. The maximum Gasteiger partial charge on any atom is 0.138 e. The van der Waals surface area contributed by atoms with Crippen LogP contribution in [0.4, 0.5) is 4.39 Å². The van der Waals surface area contributed by atoms with Crippen molar-refractivity contribution in [1.29, 1.82) is 0 Å². The van der Waals surface area contributed by atoms with Crippen molar-refractivity contribution in [2.24, 2.45) is 5.73 Å². The Bertz CT molecular complexity index is 280. The van der Waals surface area contributed by atoms with Crippen molar-refractivity contribution in [3.63, 3.8) is 0 Å². The van der Waals surface area contributed by atoms with E-state index < -0.39 is 0 Å². The highest BCUT2D eigenvalue weighted by Crippen LogP contribution is 2.24. The molecule has 0 aliphatic rings. The molecule has 13 heavy (non-hydrogen) atoms. The Balaban J connectivity index is 2.56. The molecule has 2 nitrogen and oxygen atoms in total. The Morgan fingerprint density at radius 2 is 2.23 bits per heavy atom. The summed E-state index contributed by atoms with van der Waals surface area (Å²) in [6, 6.07) is 4.04. The molecular weight excluding hydrogens is 193 g/mol. The van der Waals surface area contributed by atoms with Gasteiger partial charge in [0.25, 0.3) is 0 Å². The van der Waals surface area contributed by atoms with E-state index >= 15 is 0 Å². The van der Waals surface area contributed by atoms with E-state index in [1.165, 1.54) is 18.2 Å². The molecule has 0 unspecified atom stereocenters. The van der Waals surface area contributed by atoms with E-state index in [2.05, 4.69) is 0 Å². The third-order valence-corrected chi connectivity index (χ3v) is 1.80. The average Bonchev–Trinajstić information content (AvgIpc) is 2.09. The quantitative estimate of drug-likeness (QED) is 0.762. The van der Waals surface area contributed by atoms with Crippen LogP contribution in [0.3, 0.4) is 0 Å². The number of hydrogen-bond acceptors (Lipinski definition) is 2. The maximum atomic E-state index is 12.6. The second-order valence-corrected chi connectivity index (χ2v) is 2.97. The molecule has 0 aliphatic carbocycles. The lowest BCUT2D eigenvalue weighted by Crippen LogP contribution is -2.06. The molecular formula is C9H11ClFNO. The first-order chi connectivity index (χ1) is 6.24. The second kappa shape index (κ2) is 5.04. The SMILES string of the molecule is NCCCOc1ccc(F)cc1Cl. The van der Waals surface area contributed by atoms with Gasteiger partial charge in [-0.3, -0.25) is 0 Å². The van der Waals surface area contributed by atoms with Crippen LogP contribution in [-0.4, -0.2) is 13.2 Å². The van der Waals surface area contributed by atoms with E-state index in [4.69, 9.17) is 22.1 Å². The fourth-order valence-corrected chi connectivity index (χ4v) is 1.08. The third kappa shape index (κ3) is 3.20. The molecule has 0 aromatic heterocycles. The normalized spacial score (nSPS) is 10.1. The molecule has 4 heteroatoms. The van der Waals surface area contributed by atoms with Crippen molar-refractivity contribution < 1.29 is 9.13 Å². The predicted octanol–water partition coefficient (Wildman–Crippen LogP) is 2.21. The summed E-state index contributed by atoms with van der Waals surface area (Å²) in [5.74, 6) is 0.132. The van der Waals surface area contributed by atoms with Gasteiger partial charge < -0.3 is 10.5 Å². The van der Waals surface area contributed by atoms with Crippen molar-refractivity contribution in [2.75, 3.05) is 13.2 Å². The fourth-order valence-electron chi connectivity index (χ4n) is 0.858. The number of benzene rings is 1. The first-order valence-electron chi connectivity index (χ1n) is 4.02. The smallest absolute Gasteiger partial charge is 0.138 e. The van der Waals surface area contributed by atoms with Crippen LogP contribution >= 0.6 is 11.6 Å². The highest BCUT2D eigenvalue weighted by atomic mass is 35.5. The van der Waals surface area contributed by atoms with Gasteiger partial charge in [0.1, 0.15) is 11.6 Å². The molecule has 1 rings (SSSR count). The van der Waals surface area contributed by atoms with E-state index in [-0.39, 0.29) is 10.8 Å². The molecule has 2 N–H and O–H groups in total. The van der Waals surface area contributed by atoms with Crippen molar-refractivity contribution in [3.05, 3.63) is 29.0 Å². The molecule has 0 bridgehead atoms. The van der Waals surface area contributed by atoms with Gasteiger partial charge in [0, 0.05) is 0 Å². The molecule has 0 fully saturated rings. The number of rotatable bonds is 4. The summed E-state index contributed by atoms with van der Waals surface area (Å²) >= 11 is 5.71. The van der Waals surface area contributed by atoms with Gasteiger partial charge in [0.05, 0.1) is 11.6 Å². The van der Waals surface area contributed by atoms with Gasteiger partial charge in [-0.05, 0) is 31.2 Å². The first kappa shape index (κ1) is 10.3. The Labute approximate surface area is 81.4 Å². The lowest BCUT2D eigenvalue weighted by Gasteiger charge is -2.06. The molecule has 0 saturated heterocycles. The summed E-state index contributed by atoms with van der Waals surface area (Å²) in [7, 11) is 0. The van der Waals surface area contributed by atoms with Gasteiger partial charge >= 0.3 is 0 Å². The average molecular weight is 204 g/mol. The molecule has 0 heterocycles. The topological polar surface area (TPSA) is 35.2 Å². The zero-order valence-corrected chi connectivity index (χ0v) is 7.85. The molecule has 0 saturated carbocycles. The Morgan fingerprint density at radius 3 is 2.85 bits per heavy atom. The van der Waals surface area contributed by atoms with Crippen LogP contribution in [0.1, 0.15) is 6.42 Å². The standard InChI is InChI=1S/C9H11ClFNO/c10-8-6-7(11)2-3-9(8)13-5-1-4-12/h2-3,6H,1,4-5,12H2. The molecule has 0 spiro atoms. The van der Waals surface area contributed by atoms with Crippen LogP contribution in [0, 0.1) is 5.82 Å². The summed E-state index contributed by atoms with van der Waals surface area (Å²) < 4.78 is 17.8. The molecule has 1 aromatic rings. The third-order valence-electron chi connectivity index (χ3n) is 1.50. The number of ether oxygens (including phenoxy) is 1. The van der Waals surface area contributed by atoms with Gasteiger partial charge in [-0.1, -0.05) is 11.6 Å². The van der Waals surface area contributed by atoms with Gasteiger partial charge in [-0.25, -0.2) is 4.39 Å². The summed E-state index contributed by atoms with van der Waals surface area (Å²) in [6.07, 6.45) is 0.758. The van der Waals surface area contributed by atoms with Gasteiger partial charge in [0.2, 0.25) is 0 Å². The number of hydrogen-bond donors (Lipinski definition) is 1. The number of halogens is 2. The van der Waals surface area contributed by atoms with Gasteiger partial charge in [-0.15, -0.1) is 0 Å². The van der Waals surface area contributed by atoms with Crippen molar-refractivity contribution in [1.82, 2.24) is 0 Å². The van der Waals surface area contributed by atoms with Crippen molar-refractivity contribution in [2.45, 2.75) is 6.42 Å². The Kier molecular flexibility index (Phi) is 3.99. The first-order valence-corrected chi connectivity index (χ1v) is 4.40. The minimum atomic E-state index is -0.365. The molecule has 72 valence electrons. The van der Waals surface area contributed by atoms with E-state index in [1.54, 1.807) is 0 Å². The van der Waals surface area contributed by atoms with Crippen LogP contribution in [0.25, 0.3) is 0 Å². The summed E-state index contributed by atoms with van der Waals surface area (Å²) in [5.41, 5.74) is 5.28. The van der Waals surface area contributed by atoms with Crippen LogP contribution in [0.2, 0.25) is 5.02 Å². The van der Waals surface area contributed by atoms with E-state index in [9.17, 15) is 4.39 Å². The lowest BCUT2D eigenvalue weighted by atomic mass is 10.3. The lowest BCUT2D eigenvalue weighted by molar-refractivity contribution is 0.313. The summed E-state index contributed by atoms with van der Waals surface area (Å²) in [6.45, 7) is 1.07. The molecule has 0 radical (unpaired) electrons. The fraction of sp³-hybridized carbons (Fsp3) is 0.333. The van der Waals surface area contributed by atoms with E-state index in [1.807, 2.05) is 0 Å². The largest absolute Gasteiger partial charge is 0.492 e. The number of nitrogens with two attached hydrogens (primary N) is 1. The molecule has 1 aromatic carbocycles. The summed E-state index contributed by atoms with van der Waals surface area (Å²) in [4.78, 5) is 0. The van der Waals surface area contributed by atoms with Crippen molar-refractivity contribution >= 4 is 11.6 Å².